The Morgan fingerprint density at radius 2 is 2.00 bits per heavy atom. The van der Waals surface area contributed by atoms with E-state index >= 15 is 0 Å². The lowest BCUT2D eigenvalue weighted by Gasteiger charge is -2.37. The van der Waals surface area contributed by atoms with E-state index in [1.54, 1.807) is 6.08 Å². The van der Waals surface area contributed by atoms with Crippen LogP contribution in [-0.4, -0.2) is 36.4 Å². The Kier molecular flexibility index (Phi) is 4.90. The van der Waals surface area contributed by atoms with Crippen LogP contribution in [0.4, 0.5) is 0 Å². The summed E-state index contributed by atoms with van der Waals surface area (Å²) < 4.78 is 15.9. The van der Waals surface area contributed by atoms with E-state index in [-0.39, 0.29) is 18.5 Å². The molecule has 0 spiro atoms. The maximum atomic E-state index is 11.0. The Labute approximate surface area is 107 Å². The van der Waals surface area contributed by atoms with Crippen LogP contribution in [0.1, 0.15) is 34.1 Å². The Morgan fingerprint density at radius 3 is 2.50 bits per heavy atom. The van der Waals surface area contributed by atoms with Gasteiger partial charge in [0.15, 0.2) is 0 Å². The Morgan fingerprint density at radius 1 is 1.33 bits per heavy atom. The molecule has 0 bridgehead atoms. The smallest absolute Gasteiger partial charge is 0.303 e. The first kappa shape index (κ1) is 14.7. The van der Waals surface area contributed by atoms with Gasteiger partial charge in [-0.3, -0.25) is 9.59 Å². The number of hydrogen-bond acceptors (Lipinski definition) is 5. The SMILES string of the molecule is CC[C@]1(C)C=C[C@H](OC(C)=O)[C@@H](COC(C)=O)O1. The van der Waals surface area contributed by atoms with Crippen molar-refractivity contribution in [3.63, 3.8) is 0 Å². The molecule has 0 fully saturated rings. The summed E-state index contributed by atoms with van der Waals surface area (Å²) in [6.45, 7) is 6.68. The normalized spacial score (nSPS) is 30.9. The largest absolute Gasteiger partial charge is 0.463 e. The number of carbonyl (C=O) groups excluding carboxylic acids is 2. The summed E-state index contributed by atoms with van der Waals surface area (Å²) in [7, 11) is 0. The van der Waals surface area contributed by atoms with Crippen LogP contribution in [0.15, 0.2) is 12.2 Å². The van der Waals surface area contributed by atoms with Gasteiger partial charge in [-0.25, -0.2) is 0 Å². The fourth-order valence-corrected chi connectivity index (χ4v) is 1.71. The number of rotatable bonds is 4. The summed E-state index contributed by atoms with van der Waals surface area (Å²) in [6, 6.07) is 0. The van der Waals surface area contributed by atoms with Crippen LogP contribution in [0, 0.1) is 0 Å². The van der Waals surface area contributed by atoms with Crippen LogP contribution in [-0.2, 0) is 23.8 Å². The van der Waals surface area contributed by atoms with E-state index in [2.05, 4.69) is 0 Å². The summed E-state index contributed by atoms with van der Waals surface area (Å²) in [5, 5.41) is 0. The Bertz CT molecular complexity index is 349. The molecule has 0 N–H and O–H groups in total. The molecule has 1 aliphatic rings. The van der Waals surface area contributed by atoms with E-state index in [9.17, 15) is 9.59 Å². The molecular weight excluding hydrogens is 236 g/mol. The molecule has 0 aromatic heterocycles. The van der Waals surface area contributed by atoms with Gasteiger partial charge >= 0.3 is 11.9 Å². The zero-order valence-corrected chi connectivity index (χ0v) is 11.3. The quantitative estimate of drug-likeness (QED) is 0.565. The average molecular weight is 256 g/mol. The van der Waals surface area contributed by atoms with Crippen LogP contribution in [0.3, 0.4) is 0 Å². The van der Waals surface area contributed by atoms with E-state index in [1.807, 2.05) is 19.9 Å². The predicted octanol–water partition coefficient (Wildman–Crippen LogP) is 1.60. The molecule has 5 nitrogen and oxygen atoms in total. The lowest BCUT2D eigenvalue weighted by molar-refractivity contribution is -0.172. The highest BCUT2D eigenvalue weighted by molar-refractivity contribution is 5.66. The highest BCUT2D eigenvalue weighted by Crippen LogP contribution is 2.27. The lowest BCUT2D eigenvalue weighted by atomic mass is 9.97. The lowest BCUT2D eigenvalue weighted by Crippen LogP contribution is -2.45. The molecule has 1 heterocycles. The number of ether oxygens (including phenoxy) is 3. The molecule has 0 aromatic rings. The molecule has 0 saturated carbocycles. The van der Waals surface area contributed by atoms with Gasteiger partial charge in [0.25, 0.3) is 0 Å². The first-order valence-electron chi connectivity index (χ1n) is 6.04. The fourth-order valence-electron chi connectivity index (χ4n) is 1.71. The van der Waals surface area contributed by atoms with Gasteiger partial charge in [0.2, 0.25) is 0 Å². The molecule has 0 aliphatic carbocycles. The van der Waals surface area contributed by atoms with Crippen molar-refractivity contribution in [3.05, 3.63) is 12.2 Å². The molecule has 0 saturated heterocycles. The van der Waals surface area contributed by atoms with E-state index < -0.39 is 17.8 Å². The highest BCUT2D eigenvalue weighted by atomic mass is 16.6. The zero-order chi connectivity index (χ0) is 13.8. The van der Waals surface area contributed by atoms with Gasteiger partial charge in [-0.2, -0.15) is 0 Å². The van der Waals surface area contributed by atoms with E-state index in [0.717, 1.165) is 6.42 Å². The molecule has 1 aliphatic heterocycles. The van der Waals surface area contributed by atoms with E-state index in [4.69, 9.17) is 14.2 Å². The summed E-state index contributed by atoms with van der Waals surface area (Å²) in [4.78, 5) is 21.8. The predicted molar refractivity (Wildman–Crippen MR) is 64.9 cm³/mol. The maximum Gasteiger partial charge on any atom is 0.303 e. The van der Waals surface area contributed by atoms with Gasteiger partial charge < -0.3 is 14.2 Å². The third-order valence-electron chi connectivity index (χ3n) is 2.88. The molecule has 3 atom stereocenters. The molecular formula is C13H20O5. The van der Waals surface area contributed by atoms with Crippen LogP contribution >= 0.6 is 0 Å². The number of esters is 2. The van der Waals surface area contributed by atoms with E-state index in [0.29, 0.717) is 0 Å². The molecule has 18 heavy (non-hydrogen) atoms. The zero-order valence-electron chi connectivity index (χ0n) is 11.3. The van der Waals surface area contributed by atoms with Crippen molar-refractivity contribution in [3.8, 4) is 0 Å². The molecule has 0 amide bonds. The average Bonchev–Trinajstić information content (AvgIpc) is 2.29. The maximum absolute atomic E-state index is 11.0. The first-order chi connectivity index (χ1) is 8.36. The molecule has 0 aromatic carbocycles. The third kappa shape index (κ3) is 4.14. The number of hydrogen-bond donors (Lipinski definition) is 0. The third-order valence-corrected chi connectivity index (χ3v) is 2.88. The minimum Gasteiger partial charge on any atom is -0.463 e. The fraction of sp³-hybridized carbons (Fsp3) is 0.692. The number of carbonyl (C=O) groups is 2. The van der Waals surface area contributed by atoms with Crippen molar-refractivity contribution < 1.29 is 23.8 Å². The van der Waals surface area contributed by atoms with Crippen molar-refractivity contribution in [2.75, 3.05) is 6.61 Å². The van der Waals surface area contributed by atoms with E-state index in [1.165, 1.54) is 13.8 Å². The molecule has 0 unspecified atom stereocenters. The summed E-state index contributed by atoms with van der Waals surface area (Å²) in [5.41, 5.74) is -0.415. The first-order valence-corrected chi connectivity index (χ1v) is 6.04. The van der Waals surface area contributed by atoms with Gasteiger partial charge in [0.05, 0.1) is 5.60 Å². The van der Waals surface area contributed by atoms with Gasteiger partial charge in [-0.1, -0.05) is 13.0 Å². The minimum absolute atomic E-state index is 0.0766. The van der Waals surface area contributed by atoms with Crippen LogP contribution < -0.4 is 0 Å². The Hall–Kier alpha value is -1.36. The highest BCUT2D eigenvalue weighted by Gasteiger charge is 2.35. The Balaban J connectivity index is 2.75. The molecule has 0 radical (unpaired) electrons. The summed E-state index contributed by atoms with van der Waals surface area (Å²) in [5.74, 6) is -0.769. The second-order valence-electron chi connectivity index (χ2n) is 4.56. The van der Waals surface area contributed by atoms with Crippen molar-refractivity contribution >= 4 is 11.9 Å². The minimum atomic E-state index is -0.513. The van der Waals surface area contributed by atoms with Crippen LogP contribution in [0.25, 0.3) is 0 Å². The van der Waals surface area contributed by atoms with Gasteiger partial charge in [0, 0.05) is 13.8 Å². The van der Waals surface area contributed by atoms with Crippen molar-refractivity contribution in [1.82, 2.24) is 0 Å². The van der Waals surface area contributed by atoms with Gasteiger partial charge in [-0.15, -0.1) is 0 Å². The summed E-state index contributed by atoms with van der Waals surface area (Å²) >= 11 is 0. The van der Waals surface area contributed by atoms with Crippen molar-refractivity contribution in [2.45, 2.75) is 51.9 Å². The summed E-state index contributed by atoms with van der Waals surface area (Å²) in [6.07, 6.45) is 3.48. The topological polar surface area (TPSA) is 61.8 Å². The second-order valence-corrected chi connectivity index (χ2v) is 4.56. The molecule has 102 valence electrons. The monoisotopic (exact) mass is 256 g/mol. The standard InChI is InChI=1S/C13H20O5/c1-5-13(4)7-6-11(17-10(3)15)12(18-13)8-16-9(2)14/h6-7,11-12H,5,8H2,1-4H3/t11-,12+,13+/m0/s1. The van der Waals surface area contributed by atoms with Crippen LogP contribution in [0.2, 0.25) is 0 Å². The van der Waals surface area contributed by atoms with Gasteiger partial charge in [0.1, 0.15) is 18.8 Å². The molecule has 5 heteroatoms. The molecule has 1 rings (SSSR count). The van der Waals surface area contributed by atoms with Crippen molar-refractivity contribution in [1.29, 1.82) is 0 Å². The van der Waals surface area contributed by atoms with Gasteiger partial charge in [-0.05, 0) is 19.4 Å². The van der Waals surface area contributed by atoms with Crippen LogP contribution in [0.5, 0.6) is 0 Å². The second kappa shape index (κ2) is 6.00. The van der Waals surface area contributed by atoms with Crippen molar-refractivity contribution in [2.24, 2.45) is 0 Å².